The van der Waals surface area contributed by atoms with Crippen LogP contribution in [0.2, 0.25) is 0 Å². The fourth-order valence-electron chi connectivity index (χ4n) is 7.55. The van der Waals surface area contributed by atoms with Crippen molar-refractivity contribution in [2.24, 2.45) is 5.92 Å². The smallest absolute Gasteiger partial charge is 0.380 e. The maximum atomic E-state index is 13.9. The first kappa shape index (κ1) is 25.3. The predicted molar refractivity (Wildman–Crippen MR) is 143 cm³/mol. The summed E-state index contributed by atoms with van der Waals surface area (Å²) in [6, 6.07) is 10.8. The minimum absolute atomic E-state index is 0.181. The van der Waals surface area contributed by atoms with Crippen molar-refractivity contribution in [2.45, 2.75) is 99.1 Å². The molecule has 3 aliphatic carbocycles. The van der Waals surface area contributed by atoms with Gasteiger partial charge in [0.25, 0.3) is 0 Å². The zero-order chi connectivity index (χ0) is 26.0. The lowest BCUT2D eigenvalue weighted by Crippen LogP contribution is -2.54. The van der Waals surface area contributed by atoms with Crippen molar-refractivity contribution in [3.63, 3.8) is 0 Å². The van der Waals surface area contributed by atoms with Gasteiger partial charge in [0.2, 0.25) is 0 Å². The fraction of sp³-hybridized carbons (Fsp3) is 0.567. The highest BCUT2D eigenvalue weighted by molar-refractivity contribution is 7.98. The van der Waals surface area contributed by atoms with Gasteiger partial charge in [0.15, 0.2) is 5.60 Å². The van der Waals surface area contributed by atoms with Crippen LogP contribution in [0, 0.1) is 5.92 Å². The number of alkyl halides is 3. The minimum atomic E-state index is -4.59. The number of thioether (sulfide) groups is 1. The number of nitrogens with zero attached hydrogens (tertiary/aromatic N) is 2. The number of aromatic nitrogens is 2. The lowest BCUT2D eigenvalue weighted by molar-refractivity contribution is -0.279. The van der Waals surface area contributed by atoms with Gasteiger partial charge in [-0.1, -0.05) is 13.3 Å². The van der Waals surface area contributed by atoms with E-state index < -0.39 is 11.8 Å². The molecule has 0 bridgehead atoms. The number of fused-ring (bicyclic) bond motifs is 4. The van der Waals surface area contributed by atoms with E-state index in [0.29, 0.717) is 12.3 Å². The molecule has 0 radical (unpaired) electrons. The molecule has 3 aliphatic rings. The summed E-state index contributed by atoms with van der Waals surface area (Å²) in [6.45, 7) is 2.13. The van der Waals surface area contributed by atoms with Gasteiger partial charge in [-0.25, -0.2) is 4.68 Å². The molecule has 6 rings (SSSR count). The molecule has 7 heteroatoms. The molecule has 0 amide bonds. The van der Waals surface area contributed by atoms with Crippen LogP contribution in [0.3, 0.4) is 0 Å². The summed E-state index contributed by atoms with van der Waals surface area (Å²) in [5, 5.41) is 16.6. The van der Waals surface area contributed by atoms with Crippen molar-refractivity contribution in [3.8, 4) is 5.69 Å². The van der Waals surface area contributed by atoms with Crippen LogP contribution in [-0.4, -0.2) is 32.9 Å². The first-order chi connectivity index (χ1) is 17.7. The summed E-state index contributed by atoms with van der Waals surface area (Å²) in [4.78, 5) is 1.21. The molecule has 198 valence electrons. The van der Waals surface area contributed by atoms with E-state index in [1.165, 1.54) is 33.5 Å². The minimum Gasteiger partial charge on any atom is -0.380 e. The van der Waals surface area contributed by atoms with Crippen LogP contribution >= 0.6 is 11.8 Å². The van der Waals surface area contributed by atoms with Gasteiger partial charge in [0.1, 0.15) is 0 Å². The van der Waals surface area contributed by atoms with Gasteiger partial charge in [0.05, 0.1) is 17.4 Å². The van der Waals surface area contributed by atoms with E-state index in [1.54, 1.807) is 11.8 Å². The molecule has 1 aromatic heterocycles. The van der Waals surface area contributed by atoms with Crippen LogP contribution in [0.25, 0.3) is 16.6 Å². The van der Waals surface area contributed by atoms with Crippen LogP contribution < -0.4 is 0 Å². The zero-order valence-electron chi connectivity index (χ0n) is 21.6. The lowest BCUT2D eigenvalue weighted by atomic mass is 9.56. The van der Waals surface area contributed by atoms with E-state index in [9.17, 15) is 18.3 Å². The maximum Gasteiger partial charge on any atom is 0.417 e. The average Bonchev–Trinajstić information content (AvgIpc) is 3.20. The van der Waals surface area contributed by atoms with Gasteiger partial charge in [-0.15, -0.1) is 11.8 Å². The summed E-state index contributed by atoms with van der Waals surface area (Å²) in [7, 11) is 0. The molecule has 3 aromatic rings. The summed E-state index contributed by atoms with van der Waals surface area (Å²) in [5.41, 5.74) is 3.30. The fourth-order valence-corrected chi connectivity index (χ4v) is 7.96. The molecular weight excluding hydrogens is 493 g/mol. The standard InChI is InChI=1S/C30H35F3N2OS/c1-3-28-14-15-29(36,30(31,32)33)17-21(28)8-5-9-24-25(28)16-20-18-34-35(22-10-12-23(37-2)13-11-22)27(20)26(24)19-6-4-7-19/h10-13,16,18-19,21,36H,3-9,14-15,17H2,1-2H3. The summed E-state index contributed by atoms with van der Waals surface area (Å²) >= 11 is 1.72. The predicted octanol–water partition coefficient (Wildman–Crippen LogP) is 8.09. The summed E-state index contributed by atoms with van der Waals surface area (Å²) in [5.74, 6) is 0.291. The number of halogens is 3. The molecule has 0 saturated heterocycles. The SMILES string of the molecule is CCC12CCC(O)(C(F)(F)F)CC1CCCc1c2cc2cnn(-c3ccc(SC)cc3)c2c1C1CCC1. The third-order valence-electron chi connectivity index (χ3n) is 9.86. The second-order valence-corrected chi connectivity index (χ2v) is 12.3. The second-order valence-electron chi connectivity index (χ2n) is 11.5. The highest BCUT2D eigenvalue weighted by Gasteiger charge is 2.60. The molecule has 2 aromatic carbocycles. The van der Waals surface area contributed by atoms with Crippen molar-refractivity contribution in [1.82, 2.24) is 9.78 Å². The normalized spacial score (nSPS) is 28.4. The number of benzene rings is 2. The topological polar surface area (TPSA) is 38.1 Å². The second kappa shape index (κ2) is 9.04. The maximum absolute atomic E-state index is 13.9. The Morgan fingerprint density at radius 3 is 2.49 bits per heavy atom. The van der Waals surface area contributed by atoms with Gasteiger partial charge < -0.3 is 5.11 Å². The Morgan fingerprint density at radius 1 is 1.11 bits per heavy atom. The van der Waals surface area contributed by atoms with Gasteiger partial charge in [-0.05, 0) is 128 Å². The van der Waals surface area contributed by atoms with Crippen molar-refractivity contribution in [2.75, 3.05) is 6.26 Å². The number of aliphatic hydroxyl groups is 1. The Bertz CT molecular complexity index is 1310. The molecule has 1 heterocycles. The Hall–Kier alpha value is -1.99. The lowest BCUT2D eigenvalue weighted by Gasteiger charge is -2.50. The molecule has 0 spiro atoms. The van der Waals surface area contributed by atoms with E-state index in [1.807, 2.05) is 6.20 Å². The van der Waals surface area contributed by atoms with E-state index >= 15 is 0 Å². The van der Waals surface area contributed by atoms with E-state index in [4.69, 9.17) is 5.10 Å². The molecule has 2 saturated carbocycles. The number of hydrogen-bond acceptors (Lipinski definition) is 3. The van der Waals surface area contributed by atoms with E-state index in [2.05, 4.69) is 48.2 Å². The van der Waals surface area contributed by atoms with Crippen LogP contribution in [-0.2, 0) is 11.8 Å². The van der Waals surface area contributed by atoms with Gasteiger partial charge in [0, 0.05) is 10.3 Å². The van der Waals surface area contributed by atoms with Gasteiger partial charge in [-0.2, -0.15) is 18.3 Å². The Morgan fingerprint density at radius 2 is 1.86 bits per heavy atom. The van der Waals surface area contributed by atoms with E-state index in [0.717, 1.165) is 49.6 Å². The largest absolute Gasteiger partial charge is 0.417 e. The van der Waals surface area contributed by atoms with Crippen molar-refractivity contribution in [3.05, 3.63) is 53.2 Å². The van der Waals surface area contributed by atoms with Gasteiger partial charge in [-0.3, -0.25) is 0 Å². The average molecular weight is 529 g/mol. The van der Waals surface area contributed by atoms with Crippen molar-refractivity contribution >= 4 is 22.7 Å². The highest BCUT2D eigenvalue weighted by atomic mass is 32.2. The summed E-state index contributed by atoms with van der Waals surface area (Å²) in [6.07, 6.45) is 6.16. The van der Waals surface area contributed by atoms with Crippen LogP contribution in [0.15, 0.2) is 41.4 Å². The summed E-state index contributed by atoms with van der Waals surface area (Å²) < 4.78 is 43.8. The molecule has 3 unspecified atom stereocenters. The number of rotatable bonds is 4. The van der Waals surface area contributed by atoms with Crippen molar-refractivity contribution in [1.29, 1.82) is 0 Å². The first-order valence-corrected chi connectivity index (χ1v) is 14.9. The third kappa shape index (κ3) is 3.86. The first-order valence-electron chi connectivity index (χ1n) is 13.7. The van der Waals surface area contributed by atoms with Crippen molar-refractivity contribution < 1.29 is 18.3 Å². The molecule has 37 heavy (non-hydrogen) atoms. The quantitative estimate of drug-likeness (QED) is 0.348. The molecule has 2 fully saturated rings. The molecule has 1 N–H and O–H groups in total. The molecule has 0 aliphatic heterocycles. The Labute approximate surface area is 220 Å². The van der Waals surface area contributed by atoms with E-state index in [-0.39, 0.29) is 24.2 Å². The van der Waals surface area contributed by atoms with Gasteiger partial charge >= 0.3 is 6.18 Å². The van der Waals surface area contributed by atoms with Crippen LogP contribution in [0.4, 0.5) is 13.2 Å². The Balaban J connectivity index is 1.54. The Kier molecular flexibility index (Phi) is 6.18. The molecular formula is C30H35F3N2OS. The number of hydrogen-bond donors (Lipinski definition) is 1. The monoisotopic (exact) mass is 528 g/mol. The third-order valence-corrected chi connectivity index (χ3v) is 10.6. The van der Waals surface area contributed by atoms with Crippen LogP contribution in [0.1, 0.15) is 87.3 Å². The molecule has 3 atom stereocenters. The zero-order valence-corrected chi connectivity index (χ0v) is 22.4. The van der Waals surface area contributed by atoms with Crippen LogP contribution in [0.5, 0.6) is 0 Å². The highest BCUT2D eigenvalue weighted by Crippen LogP contribution is 2.58. The molecule has 3 nitrogen and oxygen atoms in total.